The smallest absolute Gasteiger partial charge is 0.214 e. The molecular formula is C38H31NO. The van der Waals surface area contributed by atoms with E-state index in [4.69, 9.17) is 9.73 Å². The molecule has 0 saturated carbocycles. The Hall–Kier alpha value is -4.53. The lowest BCUT2D eigenvalue weighted by molar-refractivity contribution is -0.0243. The van der Waals surface area contributed by atoms with Crippen LogP contribution in [-0.4, -0.2) is 5.71 Å². The molecule has 5 aromatic rings. The van der Waals surface area contributed by atoms with E-state index in [0.717, 1.165) is 44.7 Å². The molecule has 0 amide bonds. The number of fused-ring (bicyclic) bond motifs is 2. The predicted molar refractivity (Wildman–Crippen MR) is 164 cm³/mol. The molecule has 2 heterocycles. The SMILES string of the molecule is CC(C)c1ccc(C23N=C(c4ccccc4)C(c4ccccc4)(O2)C(c2ccccc2)=C3c2ccccc2)cc1. The zero-order chi connectivity index (χ0) is 27.2. The molecule has 7 rings (SSSR count). The highest BCUT2D eigenvalue weighted by atomic mass is 16.6. The zero-order valence-electron chi connectivity index (χ0n) is 22.8. The van der Waals surface area contributed by atoms with Gasteiger partial charge in [-0.3, -0.25) is 0 Å². The van der Waals surface area contributed by atoms with Gasteiger partial charge in [0, 0.05) is 16.7 Å². The Labute approximate surface area is 236 Å². The maximum Gasteiger partial charge on any atom is 0.214 e. The number of ether oxygens (including phenoxy) is 1. The molecule has 2 heteroatoms. The number of benzene rings is 5. The van der Waals surface area contributed by atoms with Crippen molar-refractivity contribution in [2.45, 2.75) is 31.1 Å². The summed E-state index contributed by atoms with van der Waals surface area (Å²) < 4.78 is 7.54. The number of hydrogen-bond donors (Lipinski definition) is 0. The van der Waals surface area contributed by atoms with Crippen molar-refractivity contribution in [1.82, 2.24) is 0 Å². The van der Waals surface area contributed by atoms with Gasteiger partial charge in [0.1, 0.15) is 0 Å². The van der Waals surface area contributed by atoms with E-state index >= 15 is 0 Å². The first-order valence-electron chi connectivity index (χ1n) is 14.0. The molecule has 5 aromatic carbocycles. The van der Waals surface area contributed by atoms with E-state index in [1.54, 1.807) is 0 Å². The summed E-state index contributed by atoms with van der Waals surface area (Å²) in [4.78, 5) is 5.62. The fraction of sp³-hybridized carbons (Fsp3) is 0.132. The van der Waals surface area contributed by atoms with Gasteiger partial charge in [0.25, 0.3) is 0 Å². The quantitative estimate of drug-likeness (QED) is 0.220. The van der Waals surface area contributed by atoms with E-state index in [1.165, 1.54) is 5.56 Å². The lowest BCUT2D eigenvalue weighted by Gasteiger charge is -2.32. The summed E-state index contributed by atoms with van der Waals surface area (Å²) in [5.41, 5.74) is 7.99. The van der Waals surface area contributed by atoms with Crippen molar-refractivity contribution in [2.75, 3.05) is 0 Å². The minimum atomic E-state index is -1.01. The summed E-state index contributed by atoms with van der Waals surface area (Å²) in [5, 5.41) is 0. The molecule has 0 radical (unpaired) electrons. The van der Waals surface area contributed by atoms with Gasteiger partial charge in [0.15, 0.2) is 5.60 Å². The second-order valence-electron chi connectivity index (χ2n) is 10.9. The molecule has 194 valence electrons. The summed E-state index contributed by atoms with van der Waals surface area (Å²) in [5.74, 6) is 0.440. The van der Waals surface area contributed by atoms with Crippen LogP contribution in [0.4, 0.5) is 0 Å². The molecule has 2 aliphatic heterocycles. The molecule has 2 bridgehead atoms. The minimum absolute atomic E-state index is 0.440. The standard InChI is InChI=1S/C38H31NO/c1-27(2)28-23-25-33(26-24-28)38-35(30-17-9-4-10-18-30)34(29-15-7-3-8-16-29)37(40-38,32-21-13-6-14-22-32)36(39-38)31-19-11-5-12-20-31/h3-27H,1-2H3. The molecule has 0 fully saturated rings. The van der Waals surface area contributed by atoms with Crippen LogP contribution in [0.15, 0.2) is 151 Å². The van der Waals surface area contributed by atoms with Crippen LogP contribution in [0, 0.1) is 0 Å². The number of aliphatic imine (C=N–C) groups is 1. The maximum absolute atomic E-state index is 7.54. The number of hydrogen-bond acceptors (Lipinski definition) is 2. The van der Waals surface area contributed by atoms with Crippen molar-refractivity contribution >= 4 is 16.9 Å². The van der Waals surface area contributed by atoms with Crippen LogP contribution in [0.25, 0.3) is 11.1 Å². The Balaban J connectivity index is 1.63. The van der Waals surface area contributed by atoms with Gasteiger partial charge in [0.2, 0.25) is 5.72 Å². The molecule has 2 unspecified atom stereocenters. The molecule has 0 spiro atoms. The highest BCUT2D eigenvalue weighted by molar-refractivity contribution is 6.23. The molecule has 2 aliphatic rings. The van der Waals surface area contributed by atoms with Gasteiger partial charge < -0.3 is 4.74 Å². The van der Waals surface area contributed by atoms with Crippen LogP contribution < -0.4 is 0 Å². The third-order valence-corrected chi connectivity index (χ3v) is 8.17. The normalized spacial score (nSPS) is 21.6. The van der Waals surface area contributed by atoms with E-state index < -0.39 is 11.3 Å². The van der Waals surface area contributed by atoms with Crippen LogP contribution in [0.2, 0.25) is 0 Å². The zero-order valence-corrected chi connectivity index (χ0v) is 22.8. The van der Waals surface area contributed by atoms with Gasteiger partial charge in [-0.1, -0.05) is 159 Å². The Morgan fingerprint density at radius 1 is 0.500 bits per heavy atom. The Bertz CT molecular complexity index is 1710. The molecule has 0 N–H and O–H groups in total. The molecule has 0 aliphatic carbocycles. The average molecular weight is 518 g/mol. The predicted octanol–water partition coefficient (Wildman–Crippen LogP) is 9.00. The van der Waals surface area contributed by atoms with E-state index in [9.17, 15) is 0 Å². The first-order valence-corrected chi connectivity index (χ1v) is 14.0. The molecular weight excluding hydrogens is 486 g/mol. The Kier molecular flexibility index (Phi) is 5.87. The van der Waals surface area contributed by atoms with Crippen molar-refractivity contribution in [3.8, 4) is 0 Å². The minimum Gasteiger partial charge on any atom is -0.323 e. The fourth-order valence-corrected chi connectivity index (χ4v) is 6.29. The van der Waals surface area contributed by atoms with E-state index in [-0.39, 0.29) is 0 Å². The molecule has 40 heavy (non-hydrogen) atoms. The van der Waals surface area contributed by atoms with Crippen molar-refractivity contribution in [3.05, 3.63) is 179 Å². The fourth-order valence-electron chi connectivity index (χ4n) is 6.29. The Morgan fingerprint density at radius 2 is 0.975 bits per heavy atom. The first kappa shape index (κ1) is 24.5. The van der Waals surface area contributed by atoms with E-state index in [2.05, 4.69) is 159 Å². The number of nitrogens with zero attached hydrogens (tertiary/aromatic N) is 1. The number of dihydropyridines is 1. The largest absolute Gasteiger partial charge is 0.323 e. The molecule has 0 aromatic heterocycles. The first-order chi connectivity index (χ1) is 19.6. The van der Waals surface area contributed by atoms with E-state index in [1.807, 2.05) is 0 Å². The van der Waals surface area contributed by atoms with Gasteiger partial charge >= 0.3 is 0 Å². The lowest BCUT2D eigenvalue weighted by atomic mass is 9.72. The lowest BCUT2D eigenvalue weighted by Crippen LogP contribution is -2.35. The third-order valence-electron chi connectivity index (χ3n) is 8.17. The average Bonchev–Trinajstić information content (AvgIpc) is 3.55. The molecule has 0 saturated heterocycles. The van der Waals surface area contributed by atoms with E-state index in [0.29, 0.717) is 5.92 Å². The highest BCUT2D eigenvalue weighted by Gasteiger charge is 2.65. The topological polar surface area (TPSA) is 21.6 Å². The van der Waals surface area contributed by atoms with Crippen molar-refractivity contribution in [3.63, 3.8) is 0 Å². The van der Waals surface area contributed by atoms with Gasteiger partial charge in [-0.15, -0.1) is 0 Å². The number of rotatable bonds is 6. The second kappa shape index (κ2) is 9.59. The molecule has 2 atom stereocenters. The van der Waals surface area contributed by atoms with Crippen molar-refractivity contribution in [1.29, 1.82) is 0 Å². The monoisotopic (exact) mass is 517 g/mol. The van der Waals surface area contributed by atoms with Gasteiger partial charge in [-0.05, 0) is 33.7 Å². The van der Waals surface area contributed by atoms with Crippen LogP contribution >= 0.6 is 0 Å². The summed E-state index contributed by atoms with van der Waals surface area (Å²) in [6.45, 7) is 4.45. The molecule has 2 nitrogen and oxygen atoms in total. The van der Waals surface area contributed by atoms with Crippen molar-refractivity contribution < 1.29 is 4.74 Å². The van der Waals surface area contributed by atoms with Gasteiger partial charge in [0.05, 0.1) is 5.71 Å². The van der Waals surface area contributed by atoms with Crippen molar-refractivity contribution in [2.24, 2.45) is 4.99 Å². The summed E-state index contributed by atoms with van der Waals surface area (Å²) in [6.07, 6.45) is 0. The Morgan fingerprint density at radius 3 is 1.50 bits per heavy atom. The third kappa shape index (κ3) is 3.64. The maximum atomic E-state index is 7.54. The van der Waals surface area contributed by atoms with Crippen LogP contribution in [0.3, 0.4) is 0 Å². The van der Waals surface area contributed by atoms with Crippen LogP contribution in [-0.2, 0) is 16.1 Å². The van der Waals surface area contributed by atoms with Crippen LogP contribution in [0.5, 0.6) is 0 Å². The van der Waals surface area contributed by atoms with Gasteiger partial charge in [-0.25, -0.2) is 4.99 Å². The second-order valence-corrected chi connectivity index (χ2v) is 10.9. The summed E-state index contributed by atoms with van der Waals surface area (Å²) >= 11 is 0. The summed E-state index contributed by atoms with van der Waals surface area (Å²) in [6, 6.07) is 51.3. The highest BCUT2D eigenvalue weighted by Crippen LogP contribution is 2.65. The van der Waals surface area contributed by atoms with Crippen LogP contribution in [0.1, 0.15) is 53.1 Å². The summed E-state index contributed by atoms with van der Waals surface area (Å²) in [7, 11) is 0. The van der Waals surface area contributed by atoms with Gasteiger partial charge in [-0.2, -0.15) is 0 Å².